The highest BCUT2D eigenvalue weighted by Gasteiger charge is 2.36. The van der Waals surface area contributed by atoms with Crippen molar-refractivity contribution in [3.8, 4) is 0 Å². The van der Waals surface area contributed by atoms with Gasteiger partial charge in [-0.05, 0) is 63.4 Å². The second kappa shape index (κ2) is 7.08. The molecular weight excluding hydrogens is 318 g/mol. The number of carboxylic acids is 1. The van der Waals surface area contributed by atoms with Crippen LogP contribution in [-0.4, -0.2) is 28.6 Å². The van der Waals surface area contributed by atoms with Crippen molar-refractivity contribution in [1.29, 1.82) is 0 Å². The molecule has 2 unspecified atom stereocenters. The monoisotopic (exact) mass is 343 g/mol. The topological polar surface area (TPSA) is 40.5 Å². The summed E-state index contributed by atoms with van der Waals surface area (Å²) in [4.78, 5) is 16.6. The summed E-state index contributed by atoms with van der Waals surface area (Å²) in [7, 11) is 0. The highest BCUT2D eigenvalue weighted by atomic mass is 32.1. The minimum atomic E-state index is -0.697. The van der Waals surface area contributed by atoms with Gasteiger partial charge in [0, 0.05) is 9.75 Å². The molecule has 1 aromatic carbocycles. The van der Waals surface area contributed by atoms with Crippen LogP contribution in [0.2, 0.25) is 0 Å². The molecule has 1 N–H and O–H groups in total. The van der Waals surface area contributed by atoms with E-state index in [0.717, 1.165) is 25.8 Å². The lowest BCUT2D eigenvalue weighted by molar-refractivity contribution is -0.145. The molecule has 1 aromatic heterocycles. The van der Waals surface area contributed by atoms with Crippen LogP contribution in [0.1, 0.15) is 51.7 Å². The average Bonchev–Trinajstić information content (AvgIpc) is 2.96. The summed E-state index contributed by atoms with van der Waals surface area (Å²) in [6, 6.07) is 10.4. The van der Waals surface area contributed by atoms with Gasteiger partial charge in [0.15, 0.2) is 0 Å². The summed E-state index contributed by atoms with van der Waals surface area (Å²) in [6.07, 6.45) is 2.80. The minimum absolute atomic E-state index is 0.0331. The molecule has 2 aromatic rings. The minimum Gasteiger partial charge on any atom is -0.480 e. The van der Waals surface area contributed by atoms with E-state index in [4.69, 9.17) is 0 Å². The Kier molecular flexibility index (Phi) is 5.07. The molecule has 2 atom stereocenters. The van der Waals surface area contributed by atoms with Crippen LogP contribution >= 0.6 is 11.3 Å². The number of piperidine rings is 1. The number of carboxylic acid groups (broad SMARTS) is 1. The molecule has 0 bridgehead atoms. The van der Waals surface area contributed by atoms with Crippen LogP contribution in [-0.2, 0) is 4.79 Å². The number of benzene rings is 1. The number of aliphatic carboxylic acids is 1. The maximum absolute atomic E-state index is 11.8. The third-order valence-corrected chi connectivity index (χ3v) is 5.96. The molecule has 0 spiro atoms. The number of hydrogen-bond acceptors (Lipinski definition) is 3. The first-order valence-corrected chi connectivity index (χ1v) is 9.41. The molecule has 2 heterocycles. The maximum atomic E-state index is 11.8. The molecule has 4 heteroatoms. The Morgan fingerprint density at radius 1 is 1.21 bits per heavy atom. The van der Waals surface area contributed by atoms with Gasteiger partial charge in [-0.15, -0.1) is 11.3 Å². The Balaban J connectivity index is 2.09. The molecule has 0 radical (unpaired) electrons. The Morgan fingerprint density at radius 2 is 2.00 bits per heavy atom. The van der Waals surface area contributed by atoms with E-state index in [1.165, 1.54) is 26.4 Å². The number of hydrogen-bond donors (Lipinski definition) is 1. The summed E-state index contributed by atoms with van der Waals surface area (Å²) >= 11 is 1.78. The Labute approximate surface area is 147 Å². The Hall–Kier alpha value is -1.65. The molecule has 0 saturated carbocycles. The third kappa shape index (κ3) is 3.40. The second-order valence-electron chi connectivity index (χ2n) is 6.80. The molecule has 1 saturated heterocycles. The van der Waals surface area contributed by atoms with E-state index in [1.807, 2.05) is 0 Å². The van der Waals surface area contributed by atoms with Gasteiger partial charge in [0.2, 0.25) is 0 Å². The van der Waals surface area contributed by atoms with Gasteiger partial charge in [0.25, 0.3) is 0 Å². The second-order valence-corrected chi connectivity index (χ2v) is 8.12. The standard InChI is InChI=1S/C20H25NO2S/c1-13-7-9-16(14(2)12-13)19(18-10-8-15(3)24-18)21-11-5-4-6-17(21)20(22)23/h7-10,12,17,19H,4-6,11H2,1-3H3,(H,22,23). The number of carbonyl (C=O) groups is 1. The molecule has 1 fully saturated rings. The predicted molar refractivity (Wildman–Crippen MR) is 98.8 cm³/mol. The fourth-order valence-electron chi connectivity index (χ4n) is 3.76. The fourth-order valence-corrected chi connectivity index (χ4v) is 4.77. The maximum Gasteiger partial charge on any atom is 0.320 e. The van der Waals surface area contributed by atoms with Crippen molar-refractivity contribution < 1.29 is 9.90 Å². The summed E-state index contributed by atoms with van der Waals surface area (Å²) in [5.74, 6) is -0.697. The Morgan fingerprint density at radius 3 is 2.62 bits per heavy atom. The van der Waals surface area contributed by atoms with Gasteiger partial charge < -0.3 is 5.11 Å². The smallest absolute Gasteiger partial charge is 0.320 e. The van der Waals surface area contributed by atoms with Gasteiger partial charge in [-0.1, -0.05) is 30.2 Å². The normalized spacial score (nSPS) is 20.0. The number of aryl methyl sites for hydroxylation is 3. The number of thiophene rings is 1. The third-order valence-electron chi connectivity index (χ3n) is 4.91. The zero-order valence-corrected chi connectivity index (χ0v) is 15.4. The van der Waals surface area contributed by atoms with Gasteiger partial charge in [-0.3, -0.25) is 9.69 Å². The first kappa shape index (κ1) is 17.2. The first-order chi connectivity index (χ1) is 11.5. The van der Waals surface area contributed by atoms with Crippen molar-refractivity contribution in [1.82, 2.24) is 4.90 Å². The highest BCUT2D eigenvalue weighted by Crippen LogP contribution is 2.38. The molecule has 1 aliphatic rings. The SMILES string of the molecule is Cc1ccc(C(c2ccc(C)s2)N2CCCCC2C(=O)O)c(C)c1. The lowest BCUT2D eigenvalue weighted by atomic mass is 9.92. The van der Waals surface area contributed by atoms with Crippen LogP contribution in [0.4, 0.5) is 0 Å². The zero-order chi connectivity index (χ0) is 17.3. The van der Waals surface area contributed by atoms with Crippen LogP contribution in [0, 0.1) is 20.8 Å². The van der Waals surface area contributed by atoms with Crippen LogP contribution in [0.5, 0.6) is 0 Å². The number of nitrogens with zero attached hydrogens (tertiary/aromatic N) is 1. The Bertz CT molecular complexity index is 737. The lowest BCUT2D eigenvalue weighted by Crippen LogP contribution is -2.46. The lowest BCUT2D eigenvalue weighted by Gasteiger charge is -2.39. The van der Waals surface area contributed by atoms with Crippen molar-refractivity contribution in [2.45, 2.75) is 52.1 Å². The van der Waals surface area contributed by atoms with E-state index >= 15 is 0 Å². The van der Waals surface area contributed by atoms with Gasteiger partial charge >= 0.3 is 5.97 Å². The van der Waals surface area contributed by atoms with Crippen molar-refractivity contribution >= 4 is 17.3 Å². The summed E-state index contributed by atoms with van der Waals surface area (Å²) in [6.45, 7) is 7.18. The molecular formula is C20H25NO2S. The van der Waals surface area contributed by atoms with Crippen LogP contribution in [0.25, 0.3) is 0 Å². The van der Waals surface area contributed by atoms with Crippen molar-refractivity contribution in [2.24, 2.45) is 0 Å². The molecule has 24 heavy (non-hydrogen) atoms. The van der Waals surface area contributed by atoms with Crippen molar-refractivity contribution in [3.63, 3.8) is 0 Å². The summed E-state index contributed by atoms with van der Waals surface area (Å²) < 4.78 is 0. The van der Waals surface area contributed by atoms with E-state index in [0.29, 0.717) is 0 Å². The number of likely N-dealkylation sites (tertiary alicyclic amines) is 1. The summed E-state index contributed by atoms with van der Waals surface area (Å²) in [5, 5.41) is 9.73. The molecule has 1 aliphatic heterocycles. The van der Waals surface area contributed by atoms with Gasteiger partial charge in [0.05, 0.1) is 6.04 Å². The quantitative estimate of drug-likeness (QED) is 0.874. The molecule has 128 valence electrons. The fraction of sp³-hybridized carbons (Fsp3) is 0.450. The largest absolute Gasteiger partial charge is 0.480 e. The highest BCUT2D eigenvalue weighted by molar-refractivity contribution is 7.12. The van der Waals surface area contributed by atoms with E-state index in [-0.39, 0.29) is 6.04 Å². The zero-order valence-electron chi connectivity index (χ0n) is 14.6. The van der Waals surface area contributed by atoms with Gasteiger partial charge in [-0.2, -0.15) is 0 Å². The average molecular weight is 343 g/mol. The van der Waals surface area contributed by atoms with Crippen LogP contribution in [0.3, 0.4) is 0 Å². The van der Waals surface area contributed by atoms with Crippen LogP contribution in [0.15, 0.2) is 30.3 Å². The van der Waals surface area contributed by atoms with Crippen molar-refractivity contribution in [2.75, 3.05) is 6.54 Å². The van der Waals surface area contributed by atoms with E-state index in [9.17, 15) is 9.90 Å². The van der Waals surface area contributed by atoms with E-state index < -0.39 is 12.0 Å². The predicted octanol–water partition coefficient (Wildman–Crippen LogP) is 4.70. The van der Waals surface area contributed by atoms with Gasteiger partial charge in [0.1, 0.15) is 6.04 Å². The van der Waals surface area contributed by atoms with Crippen molar-refractivity contribution in [3.05, 3.63) is 56.8 Å². The number of rotatable bonds is 4. The molecule has 0 amide bonds. The van der Waals surface area contributed by atoms with Crippen LogP contribution < -0.4 is 0 Å². The molecule has 3 nitrogen and oxygen atoms in total. The summed E-state index contributed by atoms with van der Waals surface area (Å²) in [5.41, 5.74) is 3.71. The first-order valence-electron chi connectivity index (χ1n) is 8.59. The molecule has 0 aliphatic carbocycles. The van der Waals surface area contributed by atoms with E-state index in [2.05, 4.69) is 56.0 Å². The van der Waals surface area contributed by atoms with Gasteiger partial charge in [-0.25, -0.2) is 0 Å². The molecule has 3 rings (SSSR count). The van der Waals surface area contributed by atoms with E-state index in [1.54, 1.807) is 11.3 Å².